The number of pyridine rings is 1. The molecular weight excluding hydrogens is 421 g/mol. The van der Waals surface area contributed by atoms with Crippen molar-refractivity contribution in [3.8, 4) is 0 Å². The number of nitrogens with zero attached hydrogens (tertiary/aromatic N) is 2. The van der Waals surface area contributed by atoms with E-state index < -0.39 is 11.9 Å². The number of carbonyl (C=O) groups excluding carboxylic acids is 1. The van der Waals surface area contributed by atoms with Gasteiger partial charge in [0.05, 0.1) is 0 Å². The summed E-state index contributed by atoms with van der Waals surface area (Å²) in [7, 11) is 0. The van der Waals surface area contributed by atoms with Gasteiger partial charge in [0.25, 0.3) is 5.91 Å². The van der Waals surface area contributed by atoms with Crippen LogP contribution in [0, 0.1) is 5.41 Å². The second-order valence-electron chi connectivity index (χ2n) is 8.60. The molecule has 0 saturated carbocycles. The van der Waals surface area contributed by atoms with E-state index in [4.69, 9.17) is 11.6 Å². The van der Waals surface area contributed by atoms with Gasteiger partial charge in [-0.25, -0.2) is 14.2 Å². The Labute approximate surface area is 185 Å². The van der Waals surface area contributed by atoms with Crippen molar-refractivity contribution in [2.45, 2.75) is 39.7 Å². The number of carbonyl (C=O) groups is 2. The first-order valence-electron chi connectivity index (χ1n) is 9.97. The number of amides is 2. The van der Waals surface area contributed by atoms with E-state index in [1.807, 2.05) is 20.8 Å². The highest BCUT2D eigenvalue weighted by Gasteiger charge is 2.37. The summed E-state index contributed by atoms with van der Waals surface area (Å²) in [5.41, 5.74) is 0.711. The highest BCUT2D eigenvalue weighted by molar-refractivity contribution is 6.30. The summed E-state index contributed by atoms with van der Waals surface area (Å²) in [5.74, 6) is -0.623. The molecule has 2 aromatic rings. The summed E-state index contributed by atoms with van der Waals surface area (Å²) in [6.07, 6.45) is -0.400. The molecule has 1 aromatic carbocycles. The van der Waals surface area contributed by atoms with Gasteiger partial charge in [0.1, 0.15) is 17.3 Å². The monoisotopic (exact) mass is 445 g/mol. The van der Waals surface area contributed by atoms with Gasteiger partial charge in [-0.15, -0.1) is 0 Å². The Morgan fingerprint density at radius 1 is 1.19 bits per heavy atom. The maximum atomic E-state index is 15.3. The van der Waals surface area contributed by atoms with Crippen LogP contribution in [0.25, 0.3) is 5.83 Å². The van der Waals surface area contributed by atoms with E-state index in [1.54, 1.807) is 36.4 Å². The molecule has 1 unspecified atom stereocenters. The third-order valence-corrected chi connectivity index (χ3v) is 5.60. The first-order chi connectivity index (χ1) is 14.6. The van der Waals surface area contributed by atoms with Gasteiger partial charge in [-0.2, -0.15) is 0 Å². The average molecular weight is 446 g/mol. The zero-order valence-corrected chi connectivity index (χ0v) is 18.4. The molecule has 6 nitrogen and oxygen atoms in total. The van der Waals surface area contributed by atoms with Gasteiger partial charge in [0.15, 0.2) is 0 Å². The topological polar surface area (TPSA) is 82.5 Å². The van der Waals surface area contributed by atoms with Crippen molar-refractivity contribution in [3.63, 3.8) is 0 Å². The summed E-state index contributed by atoms with van der Waals surface area (Å²) in [5, 5.41) is 12.7. The van der Waals surface area contributed by atoms with Crippen molar-refractivity contribution in [1.82, 2.24) is 9.88 Å². The normalized spacial score (nSPS) is 18.5. The number of benzene rings is 1. The molecule has 2 heterocycles. The summed E-state index contributed by atoms with van der Waals surface area (Å²) in [6, 6.07) is 10.8. The third-order valence-electron chi connectivity index (χ3n) is 5.35. The zero-order chi connectivity index (χ0) is 22.8. The standard InChI is InChI=1S/C23H25ClFN3O3/c1-23(2,3)18-13-15(11-12-28(18)22(30)31)20(25)17-5-4-6-19(26-17)27-21(29)14-7-9-16(24)10-8-14/h4-10,18H,11-13H2,1-3H3,(H,30,31)(H,26,27,29)/b20-15+. The number of hydrogen-bond acceptors (Lipinski definition) is 3. The van der Waals surface area contributed by atoms with Gasteiger partial charge in [-0.3, -0.25) is 4.79 Å². The van der Waals surface area contributed by atoms with E-state index in [2.05, 4.69) is 10.3 Å². The molecule has 2 N–H and O–H groups in total. The van der Waals surface area contributed by atoms with Crippen molar-refractivity contribution in [2.75, 3.05) is 11.9 Å². The molecular formula is C23H25ClFN3O3. The minimum Gasteiger partial charge on any atom is -0.465 e. The highest BCUT2D eigenvalue weighted by atomic mass is 35.5. The molecule has 1 aromatic heterocycles. The molecule has 0 bridgehead atoms. The maximum Gasteiger partial charge on any atom is 0.407 e. The molecule has 0 aliphatic carbocycles. The van der Waals surface area contributed by atoms with Crippen molar-refractivity contribution < 1.29 is 19.1 Å². The molecule has 31 heavy (non-hydrogen) atoms. The summed E-state index contributed by atoms with van der Waals surface area (Å²) < 4.78 is 15.3. The van der Waals surface area contributed by atoms with Crippen LogP contribution in [0.1, 0.15) is 49.7 Å². The molecule has 0 radical (unpaired) electrons. The fourth-order valence-electron chi connectivity index (χ4n) is 3.66. The van der Waals surface area contributed by atoms with E-state index in [-0.39, 0.29) is 35.4 Å². The van der Waals surface area contributed by atoms with Crippen LogP contribution in [-0.4, -0.2) is 39.6 Å². The Kier molecular flexibility index (Phi) is 6.65. The molecule has 1 fully saturated rings. The van der Waals surface area contributed by atoms with Crippen molar-refractivity contribution in [3.05, 3.63) is 64.3 Å². The lowest BCUT2D eigenvalue weighted by Gasteiger charge is -2.42. The van der Waals surface area contributed by atoms with Crippen LogP contribution >= 0.6 is 11.6 Å². The quantitative estimate of drug-likeness (QED) is 0.620. The van der Waals surface area contributed by atoms with Gasteiger partial charge in [0.2, 0.25) is 0 Å². The molecule has 2 amide bonds. The molecule has 164 valence electrons. The smallest absolute Gasteiger partial charge is 0.407 e. The molecule has 8 heteroatoms. The lowest BCUT2D eigenvalue weighted by molar-refractivity contribution is 0.0719. The molecule has 1 aliphatic heterocycles. The predicted octanol–water partition coefficient (Wildman–Crippen LogP) is 5.86. The van der Waals surface area contributed by atoms with Crippen LogP contribution in [0.15, 0.2) is 48.0 Å². The molecule has 1 atom stereocenters. The first-order valence-corrected chi connectivity index (χ1v) is 10.4. The predicted molar refractivity (Wildman–Crippen MR) is 119 cm³/mol. The van der Waals surface area contributed by atoms with Crippen molar-refractivity contribution in [2.24, 2.45) is 5.41 Å². The number of halogens is 2. The average Bonchev–Trinajstić information content (AvgIpc) is 2.72. The van der Waals surface area contributed by atoms with Crippen molar-refractivity contribution in [1.29, 1.82) is 0 Å². The van der Waals surface area contributed by atoms with Crippen molar-refractivity contribution >= 4 is 35.2 Å². The SMILES string of the molecule is CC(C)(C)C1C/C(=C(/F)c2cccc(NC(=O)c3ccc(Cl)cc3)n2)CCN1C(=O)O. The van der Waals surface area contributed by atoms with E-state index in [1.165, 1.54) is 11.0 Å². The van der Waals surface area contributed by atoms with E-state index in [9.17, 15) is 14.7 Å². The summed E-state index contributed by atoms with van der Waals surface area (Å²) in [4.78, 5) is 29.6. The van der Waals surface area contributed by atoms with Gasteiger partial charge >= 0.3 is 6.09 Å². The number of piperidine rings is 1. The van der Waals surface area contributed by atoms with Gasteiger partial charge in [-0.05, 0) is 60.2 Å². The Morgan fingerprint density at radius 3 is 2.48 bits per heavy atom. The number of hydrogen-bond donors (Lipinski definition) is 2. The second kappa shape index (κ2) is 9.06. The van der Waals surface area contributed by atoms with Crippen LogP contribution in [-0.2, 0) is 0 Å². The maximum absolute atomic E-state index is 15.3. The van der Waals surface area contributed by atoms with Crippen LogP contribution in [0.3, 0.4) is 0 Å². The second-order valence-corrected chi connectivity index (χ2v) is 9.03. The molecule has 0 spiro atoms. The van der Waals surface area contributed by atoms with Crippen LogP contribution in [0.4, 0.5) is 15.0 Å². The third kappa shape index (κ3) is 5.41. The number of likely N-dealkylation sites (tertiary alicyclic amines) is 1. The number of carboxylic acid groups (broad SMARTS) is 1. The van der Waals surface area contributed by atoms with E-state index in [0.29, 0.717) is 29.0 Å². The van der Waals surface area contributed by atoms with Gasteiger partial charge in [-0.1, -0.05) is 38.4 Å². The summed E-state index contributed by atoms with van der Waals surface area (Å²) in [6.45, 7) is 6.06. The number of aromatic nitrogens is 1. The first kappa shape index (κ1) is 22.7. The fraction of sp³-hybridized carbons (Fsp3) is 0.348. The lowest BCUT2D eigenvalue weighted by atomic mass is 9.79. The lowest BCUT2D eigenvalue weighted by Crippen LogP contribution is -2.50. The van der Waals surface area contributed by atoms with Crippen LogP contribution < -0.4 is 5.32 Å². The Morgan fingerprint density at radius 2 is 1.87 bits per heavy atom. The van der Waals surface area contributed by atoms with Gasteiger partial charge < -0.3 is 15.3 Å². The largest absolute Gasteiger partial charge is 0.465 e. The Hall–Kier alpha value is -2.93. The van der Waals surface area contributed by atoms with Crippen LogP contribution in [0.5, 0.6) is 0 Å². The minimum absolute atomic E-state index is 0.111. The summed E-state index contributed by atoms with van der Waals surface area (Å²) >= 11 is 5.84. The van der Waals surface area contributed by atoms with Crippen LogP contribution in [0.2, 0.25) is 5.02 Å². The molecule has 1 saturated heterocycles. The minimum atomic E-state index is -0.996. The van der Waals surface area contributed by atoms with Gasteiger partial charge in [0, 0.05) is 23.2 Å². The van der Waals surface area contributed by atoms with E-state index in [0.717, 1.165) is 0 Å². The molecule has 1 aliphatic rings. The van der Waals surface area contributed by atoms with E-state index >= 15 is 4.39 Å². The number of anilines is 1. The highest BCUT2D eigenvalue weighted by Crippen LogP contribution is 2.37. The Bertz CT molecular complexity index is 1020. The molecule has 3 rings (SSSR count). The zero-order valence-electron chi connectivity index (χ0n) is 17.7. The number of rotatable bonds is 3. The Balaban J connectivity index is 1.82. The fourth-order valence-corrected chi connectivity index (χ4v) is 3.78. The number of nitrogens with one attached hydrogen (secondary N) is 1.